The summed E-state index contributed by atoms with van der Waals surface area (Å²) in [6, 6.07) is 0. The van der Waals surface area contributed by atoms with E-state index in [0.29, 0.717) is 19.3 Å². The van der Waals surface area contributed by atoms with E-state index in [0.717, 1.165) is 69.6 Å². The Balaban J connectivity index is 4.24. The minimum absolute atomic E-state index is 0.0634. The zero-order valence-corrected chi connectivity index (χ0v) is 41.1. The standard InChI is InChI=1S/C54H104O6/c1-6-7-8-9-10-22-29-34-39-44-52(55)58-47-51(60-54(57)46-41-36-31-26-21-17-16-19-24-28-33-38-43-50(4)5)48-59-53(56)45-40-35-30-25-20-15-13-11-12-14-18-23-27-32-37-42-49(2)3/h49-51H,6-48H2,1-5H3/t51-/m0/s1. The number of unbranched alkanes of at least 4 members (excludes halogenated alkanes) is 33. The van der Waals surface area contributed by atoms with E-state index in [1.807, 2.05) is 0 Å². The van der Waals surface area contributed by atoms with Crippen molar-refractivity contribution in [3.8, 4) is 0 Å². The minimum atomic E-state index is -0.761. The summed E-state index contributed by atoms with van der Waals surface area (Å²) >= 11 is 0. The van der Waals surface area contributed by atoms with Gasteiger partial charge in [-0.2, -0.15) is 0 Å². The highest BCUT2D eigenvalue weighted by atomic mass is 16.6. The normalized spacial score (nSPS) is 12.1. The van der Waals surface area contributed by atoms with E-state index in [4.69, 9.17) is 14.2 Å². The Labute approximate surface area is 374 Å². The highest BCUT2D eigenvalue weighted by molar-refractivity contribution is 5.71. The molecule has 60 heavy (non-hydrogen) atoms. The molecule has 0 amide bonds. The summed E-state index contributed by atoms with van der Waals surface area (Å²) in [6.45, 7) is 11.4. The lowest BCUT2D eigenvalue weighted by Gasteiger charge is -2.18. The molecule has 0 rings (SSSR count). The van der Waals surface area contributed by atoms with Gasteiger partial charge in [0.2, 0.25) is 0 Å². The van der Waals surface area contributed by atoms with Crippen LogP contribution in [0.25, 0.3) is 0 Å². The van der Waals surface area contributed by atoms with E-state index < -0.39 is 6.10 Å². The molecule has 0 spiro atoms. The highest BCUT2D eigenvalue weighted by Gasteiger charge is 2.19. The zero-order valence-electron chi connectivity index (χ0n) is 41.1. The molecule has 0 aliphatic heterocycles. The van der Waals surface area contributed by atoms with Crippen LogP contribution < -0.4 is 0 Å². The summed E-state index contributed by atoms with van der Waals surface area (Å²) in [7, 11) is 0. The third-order valence-corrected chi connectivity index (χ3v) is 12.2. The van der Waals surface area contributed by atoms with E-state index in [1.165, 1.54) is 186 Å². The number of hydrogen-bond donors (Lipinski definition) is 0. The average Bonchev–Trinajstić information content (AvgIpc) is 3.22. The molecule has 0 fully saturated rings. The molecule has 6 nitrogen and oxygen atoms in total. The SMILES string of the molecule is CCCCCCCCCCCC(=O)OC[C@@H](COC(=O)CCCCCCCCCCCCCCCCCC(C)C)OC(=O)CCCCCCCCCCCCCCC(C)C. The second kappa shape index (κ2) is 46.9. The van der Waals surface area contributed by atoms with E-state index in [1.54, 1.807) is 0 Å². The molecule has 0 saturated carbocycles. The van der Waals surface area contributed by atoms with Crippen molar-refractivity contribution in [2.24, 2.45) is 11.8 Å². The number of carbonyl (C=O) groups is 3. The van der Waals surface area contributed by atoms with E-state index in [2.05, 4.69) is 34.6 Å². The van der Waals surface area contributed by atoms with Crippen LogP contribution in [0.2, 0.25) is 0 Å². The number of carbonyl (C=O) groups excluding carboxylic acids is 3. The predicted molar refractivity (Wildman–Crippen MR) is 256 cm³/mol. The maximum absolute atomic E-state index is 12.8. The van der Waals surface area contributed by atoms with Gasteiger partial charge in [0.25, 0.3) is 0 Å². The summed E-state index contributed by atoms with van der Waals surface area (Å²) in [5.41, 5.74) is 0. The van der Waals surface area contributed by atoms with Crippen molar-refractivity contribution in [2.45, 2.75) is 304 Å². The first-order valence-corrected chi connectivity index (χ1v) is 26.7. The fraction of sp³-hybridized carbons (Fsp3) is 0.944. The minimum Gasteiger partial charge on any atom is -0.462 e. The lowest BCUT2D eigenvalue weighted by atomic mass is 10.0. The van der Waals surface area contributed by atoms with Crippen LogP contribution in [0.1, 0.15) is 298 Å². The Morgan fingerprint density at radius 1 is 0.317 bits per heavy atom. The van der Waals surface area contributed by atoms with Crippen molar-refractivity contribution >= 4 is 17.9 Å². The Morgan fingerprint density at radius 2 is 0.550 bits per heavy atom. The predicted octanol–water partition coefficient (Wildman–Crippen LogP) is 17.3. The second-order valence-corrected chi connectivity index (χ2v) is 19.5. The summed E-state index contributed by atoms with van der Waals surface area (Å²) in [6.07, 6.45) is 48.1. The van der Waals surface area contributed by atoms with Gasteiger partial charge in [-0.1, -0.05) is 259 Å². The summed E-state index contributed by atoms with van der Waals surface area (Å²) < 4.78 is 16.8. The van der Waals surface area contributed by atoms with Crippen molar-refractivity contribution in [3.63, 3.8) is 0 Å². The molecule has 0 N–H and O–H groups in total. The van der Waals surface area contributed by atoms with Gasteiger partial charge in [-0.15, -0.1) is 0 Å². The fourth-order valence-electron chi connectivity index (χ4n) is 8.17. The first kappa shape index (κ1) is 58.4. The molecule has 0 aromatic rings. The molecule has 1 atom stereocenters. The third-order valence-electron chi connectivity index (χ3n) is 12.2. The summed E-state index contributed by atoms with van der Waals surface area (Å²) in [5, 5.41) is 0. The molecule has 0 bridgehead atoms. The number of ether oxygens (including phenoxy) is 3. The van der Waals surface area contributed by atoms with Gasteiger partial charge in [0.05, 0.1) is 0 Å². The molecule has 0 aromatic heterocycles. The maximum atomic E-state index is 12.8. The summed E-state index contributed by atoms with van der Waals surface area (Å²) in [5.74, 6) is 0.833. The monoisotopic (exact) mass is 849 g/mol. The van der Waals surface area contributed by atoms with Crippen LogP contribution in [-0.4, -0.2) is 37.2 Å². The first-order chi connectivity index (χ1) is 29.2. The van der Waals surface area contributed by atoms with Crippen molar-refractivity contribution in [1.82, 2.24) is 0 Å². The second-order valence-electron chi connectivity index (χ2n) is 19.5. The van der Waals surface area contributed by atoms with E-state index >= 15 is 0 Å². The molecule has 0 saturated heterocycles. The molecule has 0 aliphatic rings. The molecule has 6 heteroatoms. The van der Waals surface area contributed by atoms with Gasteiger partial charge in [-0.3, -0.25) is 14.4 Å². The average molecular weight is 849 g/mol. The lowest BCUT2D eigenvalue weighted by Crippen LogP contribution is -2.30. The fourth-order valence-corrected chi connectivity index (χ4v) is 8.17. The van der Waals surface area contributed by atoms with Crippen LogP contribution in [0, 0.1) is 11.8 Å². The number of rotatable bonds is 48. The van der Waals surface area contributed by atoms with Crippen molar-refractivity contribution in [3.05, 3.63) is 0 Å². The lowest BCUT2D eigenvalue weighted by molar-refractivity contribution is -0.167. The van der Waals surface area contributed by atoms with Gasteiger partial charge < -0.3 is 14.2 Å². The third kappa shape index (κ3) is 47.5. The Bertz CT molecular complexity index is 916. The molecule has 0 unspecified atom stereocenters. The van der Waals surface area contributed by atoms with Crippen LogP contribution in [0.15, 0.2) is 0 Å². The first-order valence-electron chi connectivity index (χ1n) is 26.7. The van der Waals surface area contributed by atoms with Gasteiger partial charge in [0, 0.05) is 19.3 Å². The largest absolute Gasteiger partial charge is 0.462 e. The molecule has 0 radical (unpaired) electrons. The van der Waals surface area contributed by atoms with E-state index in [-0.39, 0.29) is 31.1 Å². The Morgan fingerprint density at radius 3 is 0.817 bits per heavy atom. The van der Waals surface area contributed by atoms with Gasteiger partial charge in [-0.25, -0.2) is 0 Å². The topological polar surface area (TPSA) is 78.9 Å². The van der Waals surface area contributed by atoms with Gasteiger partial charge >= 0.3 is 17.9 Å². The Hall–Kier alpha value is -1.59. The van der Waals surface area contributed by atoms with E-state index in [9.17, 15) is 14.4 Å². The maximum Gasteiger partial charge on any atom is 0.306 e. The smallest absolute Gasteiger partial charge is 0.306 e. The highest BCUT2D eigenvalue weighted by Crippen LogP contribution is 2.18. The molecule has 356 valence electrons. The summed E-state index contributed by atoms with van der Waals surface area (Å²) in [4.78, 5) is 37.9. The number of hydrogen-bond acceptors (Lipinski definition) is 6. The van der Waals surface area contributed by atoms with Crippen molar-refractivity contribution in [2.75, 3.05) is 13.2 Å². The van der Waals surface area contributed by atoms with Crippen LogP contribution in [0.3, 0.4) is 0 Å². The molecular weight excluding hydrogens is 745 g/mol. The van der Waals surface area contributed by atoms with Gasteiger partial charge in [0.1, 0.15) is 13.2 Å². The van der Waals surface area contributed by atoms with Crippen molar-refractivity contribution < 1.29 is 28.6 Å². The molecule has 0 heterocycles. The molecule has 0 aromatic carbocycles. The van der Waals surface area contributed by atoms with Gasteiger partial charge in [0.15, 0.2) is 6.10 Å². The zero-order chi connectivity index (χ0) is 44.0. The van der Waals surface area contributed by atoms with Crippen LogP contribution in [0.4, 0.5) is 0 Å². The van der Waals surface area contributed by atoms with Crippen LogP contribution >= 0.6 is 0 Å². The molecular formula is C54H104O6. The quantitative estimate of drug-likeness (QED) is 0.0345. The molecule has 0 aliphatic carbocycles. The number of esters is 3. The van der Waals surface area contributed by atoms with Gasteiger partial charge in [-0.05, 0) is 31.1 Å². The van der Waals surface area contributed by atoms with Crippen LogP contribution in [0.5, 0.6) is 0 Å². The van der Waals surface area contributed by atoms with Crippen LogP contribution in [-0.2, 0) is 28.6 Å². The Kier molecular flexibility index (Phi) is 45.7. The van der Waals surface area contributed by atoms with Crippen molar-refractivity contribution in [1.29, 1.82) is 0 Å².